The topological polar surface area (TPSA) is 381 Å². The van der Waals surface area contributed by atoms with Crippen molar-refractivity contribution < 1.29 is 72.0 Å². The van der Waals surface area contributed by atoms with Gasteiger partial charge in [-0.15, -0.1) is 0 Å². The van der Waals surface area contributed by atoms with Gasteiger partial charge in [0.25, 0.3) is 11.8 Å². The van der Waals surface area contributed by atoms with Gasteiger partial charge in [-0.05, 0) is 171 Å². The van der Waals surface area contributed by atoms with E-state index < -0.39 is 61.4 Å². The number of hydrogen-bond acceptors (Lipinski definition) is 18. The number of pyridine rings is 1. The molecule has 10 N–H and O–H groups in total. The minimum atomic E-state index is -4.38. The third-order valence-electron chi connectivity index (χ3n) is 21.2. The van der Waals surface area contributed by atoms with Gasteiger partial charge in [-0.3, -0.25) is 38.1 Å². The van der Waals surface area contributed by atoms with E-state index in [2.05, 4.69) is 69.6 Å². The van der Waals surface area contributed by atoms with E-state index in [-0.39, 0.29) is 111 Å². The number of aromatic nitrogens is 4. The Balaban J connectivity index is 0.658. The lowest BCUT2D eigenvalue weighted by Crippen LogP contribution is -2.64. The number of carbonyl (C=O) groups excluding carboxylic acids is 7. The number of rotatable bonds is 38. The number of amides is 8. The molecule has 5 heterocycles. The summed E-state index contributed by atoms with van der Waals surface area (Å²) in [5.41, 5.74) is 12.2. The number of fused-ring (bicyclic) bond motifs is 2. The Bertz CT molecular complexity index is 4260. The van der Waals surface area contributed by atoms with Gasteiger partial charge in [0.1, 0.15) is 24.5 Å². The first-order chi connectivity index (χ1) is 51.0. The first-order valence-electron chi connectivity index (χ1n) is 37.0. The van der Waals surface area contributed by atoms with E-state index in [0.717, 1.165) is 82.0 Å². The molecule has 2 aliphatic heterocycles. The molecule has 4 bridgehead atoms. The maximum atomic E-state index is 13.9. The predicted molar refractivity (Wildman–Crippen MR) is 404 cm³/mol. The quantitative estimate of drug-likeness (QED) is 0.00988. The van der Waals surface area contributed by atoms with Crippen LogP contribution in [0.5, 0.6) is 0 Å². The Morgan fingerprint density at radius 2 is 1.55 bits per heavy atom. The Hall–Kier alpha value is -9.12. The fourth-order valence-electron chi connectivity index (χ4n) is 17.4. The molecule has 0 saturated heterocycles. The van der Waals surface area contributed by atoms with E-state index in [1.54, 1.807) is 55.6 Å². The number of thiazole rings is 1. The summed E-state index contributed by atoms with van der Waals surface area (Å²) in [6.07, 6.45) is 12.2. The number of carboxylic acids is 1. The number of carbonyl (C=O) groups is 8. The number of nitrogens with one attached hydrogen (secondary N) is 5. The van der Waals surface area contributed by atoms with Crippen LogP contribution in [0.1, 0.15) is 156 Å². The first kappa shape index (κ1) is 78.9. The molecular formula is C77H100N13O15PS. The van der Waals surface area contributed by atoms with Crippen molar-refractivity contribution in [3.8, 4) is 11.1 Å². The minimum absolute atomic E-state index is 0.00184. The number of imide groups is 1. The molecule has 4 atom stereocenters. The van der Waals surface area contributed by atoms with E-state index in [4.69, 9.17) is 35.0 Å². The highest BCUT2D eigenvalue weighted by Gasteiger charge is 2.66. The number of ether oxygens (including phenoxy) is 3. The van der Waals surface area contributed by atoms with Crippen LogP contribution in [-0.2, 0) is 75.4 Å². The molecule has 4 saturated carbocycles. The van der Waals surface area contributed by atoms with Crippen LogP contribution in [0.3, 0.4) is 0 Å². The summed E-state index contributed by atoms with van der Waals surface area (Å²) in [6, 6.07) is 22.0. The van der Waals surface area contributed by atoms with Crippen molar-refractivity contribution in [2.75, 3.05) is 74.2 Å². The number of nitrogens with zero attached hydrogens (tertiary/aromatic N) is 7. The van der Waals surface area contributed by atoms with E-state index in [9.17, 15) is 57.8 Å². The maximum Gasteiger partial charge on any atom is 0.410 e. The fourth-order valence-corrected chi connectivity index (χ4v) is 18.8. The van der Waals surface area contributed by atoms with Gasteiger partial charge in [0.2, 0.25) is 17.7 Å². The zero-order valence-electron chi connectivity index (χ0n) is 61.6. The van der Waals surface area contributed by atoms with Gasteiger partial charge in [0, 0.05) is 93.4 Å². The van der Waals surface area contributed by atoms with Crippen LogP contribution in [0, 0.1) is 29.1 Å². The van der Waals surface area contributed by atoms with E-state index in [0.29, 0.717) is 87.5 Å². The van der Waals surface area contributed by atoms with Crippen LogP contribution < -0.4 is 37.2 Å². The van der Waals surface area contributed by atoms with Crippen molar-refractivity contribution in [3.05, 3.63) is 131 Å². The van der Waals surface area contributed by atoms with Crippen LogP contribution in [0.25, 0.3) is 21.3 Å². The van der Waals surface area contributed by atoms with Crippen molar-refractivity contribution in [2.45, 2.75) is 175 Å². The highest BCUT2D eigenvalue weighted by molar-refractivity contribution is 7.51. The van der Waals surface area contributed by atoms with Gasteiger partial charge in [-0.1, -0.05) is 87.9 Å². The Labute approximate surface area is 626 Å². The first-order valence-corrected chi connectivity index (χ1v) is 39.6. The Kier molecular flexibility index (Phi) is 25.4. The molecular weight excluding hydrogens is 1410 g/mol. The highest BCUT2D eigenvalue weighted by atomic mass is 32.1. The smallest absolute Gasteiger partial charge is 0.410 e. The van der Waals surface area contributed by atoms with Crippen molar-refractivity contribution in [1.29, 1.82) is 0 Å². The molecule has 3 aromatic heterocycles. The molecule has 3 aromatic carbocycles. The number of para-hydroxylation sites is 1. The number of hydrogen-bond donors (Lipinski definition) is 9. The zero-order valence-corrected chi connectivity index (χ0v) is 63.3. The summed E-state index contributed by atoms with van der Waals surface area (Å²) < 4.78 is 33.9. The third kappa shape index (κ3) is 20.6. The lowest BCUT2D eigenvalue weighted by atomic mass is 9.39. The average Bonchev–Trinajstić information content (AvgIpc) is 1.04. The largest absolute Gasteiger partial charge is 0.476 e. The molecule has 8 amide bonds. The van der Waals surface area contributed by atoms with Crippen molar-refractivity contribution >= 4 is 93.4 Å². The molecule has 0 radical (unpaired) electrons. The summed E-state index contributed by atoms with van der Waals surface area (Å²) >= 11 is 1.62. The van der Waals surface area contributed by atoms with Crippen LogP contribution >= 0.6 is 18.9 Å². The van der Waals surface area contributed by atoms with Crippen molar-refractivity contribution in [2.24, 2.45) is 27.9 Å². The van der Waals surface area contributed by atoms with Crippen molar-refractivity contribution in [3.63, 3.8) is 0 Å². The standard InChI is InChI=1S/C77H100N13O15PS/c1-50(2)66(86-63(91)20-7-6-12-32-89-64(92)27-28-65(89)93)69(95)83-60(18-10-11-30-79-71(78)98)68(94)82-55-23-21-52(22-24-55)42-104-73(99)87(31-14-38-106(100,101)102)34-35-103-36-37-105-77-46-74(4)43-75(5,47-77)45-76(44-74,48-77)49-90-51(3)57(40-81-90)56-25-26-62(85-67(56)70(96)97)88-33-29-53-15-13-16-54(58(53)41-88)39-80-72-84-59-17-8-9-19-61(59)107-72/h8-9,13,15-17,19,21-28,40,50,60,66H,6-7,10-12,14,18,20,29-39,41-49H2,1-5H3,(H,80,84)(H,82,94)(H,83,95)(H,86,91)(H,96,97)(H3,78,79,98)(H2,100,101,102)/t60-,66-,74?,75?,76?,77?/m0/s1. The average molecular weight is 1510 g/mol. The maximum absolute atomic E-state index is 13.9. The number of unbranched alkanes of at least 4 members (excludes halogenated alkanes) is 3. The second kappa shape index (κ2) is 34.4. The third-order valence-corrected chi connectivity index (χ3v) is 23.1. The van der Waals surface area contributed by atoms with Gasteiger partial charge < -0.3 is 71.2 Å². The Morgan fingerprint density at radius 3 is 2.27 bits per heavy atom. The van der Waals surface area contributed by atoms with Gasteiger partial charge >= 0.3 is 25.7 Å². The highest BCUT2D eigenvalue weighted by Crippen LogP contribution is 2.72. The molecule has 4 fully saturated rings. The van der Waals surface area contributed by atoms with E-state index in [1.807, 2.05) is 41.9 Å². The summed E-state index contributed by atoms with van der Waals surface area (Å²) in [7, 11) is -4.38. The molecule has 2 unspecified atom stereocenters. The van der Waals surface area contributed by atoms with Gasteiger partial charge in [-0.2, -0.15) is 5.10 Å². The van der Waals surface area contributed by atoms with Crippen LogP contribution in [-0.4, -0.2) is 168 Å². The summed E-state index contributed by atoms with van der Waals surface area (Å²) in [5.74, 6) is -3.10. The number of urea groups is 1. The number of anilines is 3. The molecule has 6 aliphatic rings. The van der Waals surface area contributed by atoms with Gasteiger partial charge in [0.15, 0.2) is 10.8 Å². The van der Waals surface area contributed by atoms with Crippen LogP contribution in [0.4, 0.5) is 26.2 Å². The second-order valence-corrected chi connectivity index (χ2v) is 33.5. The molecule has 6 aromatic rings. The zero-order chi connectivity index (χ0) is 76.3. The number of nitrogens with two attached hydrogens (primary N) is 1. The molecule has 30 heteroatoms. The van der Waals surface area contributed by atoms with Gasteiger partial charge in [0.05, 0.1) is 48.0 Å². The lowest BCUT2D eigenvalue weighted by Gasteiger charge is -2.69. The summed E-state index contributed by atoms with van der Waals surface area (Å²) in [4.78, 5) is 136. The number of aromatic carboxylic acids is 1. The normalized spacial score (nSPS) is 20.6. The summed E-state index contributed by atoms with van der Waals surface area (Å²) in [6.45, 7) is 13.7. The number of primary amides is 1. The second-order valence-electron chi connectivity index (χ2n) is 30.6. The molecule has 0 spiro atoms. The number of carboxylic acid groups (broad SMARTS) is 1. The predicted octanol–water partition coefficient (Wildman–Crippen LogP) is 9.98. The lowest BCUT2D eigenvalue weighted by molar-refractivity contribution is -0.250. The minimum Gasteiger partial charge on any atom is -0.476 e. The molecule has 12 rings (SSSR count). The monoisotopic (exact) mass is 1510 g/mol. The number of benzene rings is 3. The van der Waals surface area contributed by atoms with Crippen LogP contribution in [0.15, 0.2) is 97.2 Å². The van der Waals surface area contributed by atoms with E-state index in [1.165, 1.54) is 28.2 Å². The molecule has 28 nitrogen and oxygen atoms in total. The molecule has 107 heavy (non-hydrogen) atoms. The molecule has 4 aliphatic carbocycles. The van der Waals surface area contributed by atoms with E-state index >= 15 is 0 Å². The molecule has 574 valence electrons. The summed E-state index contributed by atoms with van der Waals surface area (Å²) in [5, 5.41) is 31.1. The van der Waals surface area contributed by atoms with Crippen LogP contribution in [0.2, 0.25) is 0 Å². The Morgan fingerprint density at radius 1 is 0.794 bits per heavy atom. The SMILES string of the molecule is Cc1c(-c2ccc(N3CCc4cccc(CNc5nc6ccccc6s5)c4C3)nc2C(=O)O)cnn1CC12CC3(C)CC(C)(C1)CC(OCCOCCN(CCCP(=O)(O)O)C(=O)OCc1ccc(NC(=O)[C@H](CCCCNC(N)=O)NC(=O)[C@@H](NC(=O)CCCCCN4C(=O)C=CC4=O)C(C)C)cc1)(C3)C2. The fraction of sp³-hybridized carbons (Fsp3) is 0.519. The van der Waals surface area contributed by atoms with Crippen molar-refractivity contribution in [1.82, 2.24) is 45.5 Å². The van der Waals surface area contributed by atoms with Gasteiger partial charge in [-0.25, -0.2) is 24.4 Å².